The van der Waals surface area contributed by atoms with Crippen molar-refractivity contribution in [2.45, 2.75) is 25.8 Å². The summed E-state index contributed by atoms with van der Waals surface area (Å²) in [6, 6.07) is 15.8. The van der Waals surface area contributed by atoms with Crippen LogP contribution in [-0.2, 0) is 17.8 Å². The number of carbonyl (C=O) groups is 1. The van der Waals surface area contributed by atoms with E-state index < -0.39 is 0 Å². The molecule has 134 valence electrons. The molecule has 0 saturated carbocycles. The Labute approximate surface area is 159 Å². The minimum absolute atomic E-state index is 0.107. The molecule has 0 heterocycles. The van der Waals surface area contributed by atoms with Gasteiger partial charge in [0.25, 0.3) is 0 Å². The second-order valence-corrected chi connectivity index (χ2v) is 6.99. The molecule has 0 atom stereocenters. The maximum atomic E-state index is 11.9. The lowest BCUT2D eigenvalue weighted by Crippen LogP contribution is -2.28. The Balaban J connectivity index is 1.60. The summed E-state index contributed by atoms with van der Waals surface area (Å²) in [5.41, 5.74) is 2.32. The molecule has 0 bridgehead atoms. The van der Waals surface area contributed by atoms with E-state index >= 15 is 0 Å². The van der Waals surface area contributed by atoms with Crippen LogP contribution < -0.4 is 5.32 Å². The van der Waals surface area contributed by atoms with Crippen LogP contribution in [0.3, 0.4) is 0 Å². The van der Waals surface area contributed by atoms with Crippen LogP contribution >= 0.6 is 23.2 Å². The van der Waals surface area contributed by atoms with Gasteiger partial charge in [-0.25, -0.2) is 0 Å². The van der Waals surface area contributed by atoms with Crippen LogP contribution in [0, 0.1) is 0 Å². The van der Waals surface area contributed by atoms with Crippen LogP contribution in [0.15, 0.2) is 48.5 Å². The van der Waals surface area contributed by atoms with Crippen molar-refractivity contribution >= 4 is 29.1 Å². The van der Waals surface area contributed by atoms with Crippen molar-refractivity contribution in [1.29, 1.82) is 0 Å². The van der Waals surface area contributed by atoms with Gasteiger partial charge in [-0.05, 0) is 49.7 Å². The van der Waals surface area contributed by atoms with E-state index in [-0.39, 0.29) is 5.91 Å². The molecule has 0 saturated heterocycles. The SMILES string of the molecule is CN(CCCNC(=O)CCc1ccccc1)Cc1ccc(Cl)c(Cl)c1. The molecule has 1 amide bonds. The van der Waals surface area contributed by atoms with Crippen LogP contribution in [0.25, 0.3) is 0 Å². The topological polar surface area (TPSA) is 32.3 Å². The Morgan fingerprint density at radius 3 is 2.52 bits per heavy atom. The van der Waals surface area contributed by atoms with Gasteiger partial charge in [-0.2, -0.15) is 0 Å². The number of halogens is 2. The maximum Gasteiger partial charge on any atom is 0.220 e. The number of nitrogens with one attached hydrogen (secondary N) is 1. The van der Waals surface area contributed by atoms with Crippen molar-refractivity contribution in [1.82, 2.24) is 10.2 Å². The van der Waals surface area contributed by atoms with Gasteiger partial charge in [0.1, 0.15) is 0 Å². The van der Waals surface area contributed by atoms with Crippen LogP contribution in [-0.4, -0.2) is 30.9 Å². The molecule has 0 aliphatic rings. The lowest BCUT2D eigenvalue weighted by atomic mass is 10.1. The van der Waals surface area contributed by atoms with E-state index in [4.69, 9.17) is 23.2 Å². The minimum atomic E-state index is 0.107. The molecular formula is C20H24Cl2N2O. The predicted octanol–water partition coefficient (Wildman–Crippen LogP) is 4.56. The van der Waals surface area contributed by atoms with Crippen LogP contribution in [0.1, 0.15) is 24.0 Å². The average molecular weight is 379 g/mol. The molecule has 2 aromatic rings. The van der Waals surface area contributed by atoms with Crippen molar-refractivity contribution in [2.75, 3.05) is 20.1 Å². The normalized spacial score (nSPS) is 10.9. The molecule has 0 spiro atoms. The summed E-state index contributed by atoms with van der Waals surface area (Å²) in [6.45, 7) is 2.40. The number of rotatable bonds is 9. The number of carbonyl (C=O) groups excluding carboxylic acids is 1. The molecule has 0 aliphatic heterocycles. The Hall–Kier alpha value is -1.55. The van der Waals surface area contributed by atoms with Gasteiger partial charge in [0.05, 0.1) is 10.0 Å². The number of hydrogen-bond acceptors (Lipinski definition) is 2. The third kappa shape index (κ3) is 7.47. The molecule has 0 fully saturated rings. The second-order valence-electron chi connectivity index (χ2n) is 6.18. The second kappa shape index (κ2) is 10.4. The highest BCUT2D eigenvalue weighted by Crippen LogP contribution is 2.23. The number of hydrogen-bond donors (Lipinski definition) is 1. The van der Waals surface area contributed by atoms with Gasteiger partial charge in [0.2, 0.25) is 5.91 Å². The zero-order valence-corrected chi connectivity index (χ0v) is 16.0. The number of aryl methyl sites for hydroxylation is 1. The Morgan fingerprint density at radius 2 is 1.80 bits per heavy atom. The third-order valence-electron chi connectivity index (χ3n) is 3.96. The fourth-order valence-corrected chi connectivity index (χ4v) is 2.92. The summed E-state index contributed by atoms with van der Waals surface area (Å²) >= 11 is 12.0. The van der Waals surface area contributed by atoms with Gasteiger partial charge in [0.15, 0.2) is 0 Å². The molecule has 2 rings (SSSR count). The highest BCUT2D eigenvalue weighted by atomic mass is 35.5. The standard InChI is InChI=1S/C20H24Cl2N2O/c1-24(15-17-8-10-18(21)19(22)14-17)13-5-12-23-20(25)11-9-16-6-3-2-4-7-16/h2-4,6-8,10,14H,5,9,11-13,15H2,1H3,(H,23,25). The van der Waals surface area contributed by atoms with E-state index in [1.54, 1.807) is 0 Å². The zero-order chi connectivity index (χ0) is 18.1. The quantitative estimate of drug-likeness (QED) is 0.648. The molecule has 5 heteroatoms. The van der Waals surface area contributed by atoms with Crippen molar-refractivity contribution in [3.63, 3.8) is 0 Å². The fourth-order valence-electron chi connectivity index (χ4n) is 2.60. The zero-order valence-electron chi connectivity index (χ0n) is 14.5. The van der Waals surface area contributed by atoms with E-state index in [0.717, 1.165) is 31.5 Å². The van der Waals surface area contributed by atoms with Gasteiger partial charge < -0.3 is 10.2 Å². The average Bonchev–Trinajstić information content (AvgIpc) is 2.61. The highest BCUT2D eigenvalue weighted by Gasteiger charge is 2.05. The van der Waals surface area contributed by atoms with Gasteiger partial charge in [-0.1, -0.05) is 59.6 Å². The van der Waals surface area contributed by atoms with Crippen molar-refractivity contribution in [3.8, 4) is 0 Å². The molecule has 0 aromatic heterocycles. The molecule has 3 nitrogen and oxygen atoms in total. The highest BCUT2D eigenvalue weighted by molar-refractivity contribution is 6.42. The summed E-state index contributed by atoms with van der Waals surface area (Å²) in [6.07, 6.45) is 2.22. The predicted molar refractivity (Wildman–Crippen MR) is 105 cm³/mol. The summed E-state index contributed by atoms with van der Waals surface area (Å²) < 4.78 is 0. The van der Waals surface area contributed by atoms with Gasteiger partial charge in [-0.15, -0.1) is 0 Å². The molecule has 0 unspecified atom stereocenters. The maximum absolute atomic E-state index is 11.9. The first-order valence-corrected chi connectivity index (χ1v) is 9.23. The van der Waals surface area contributed by atoms with Crippen LogP contribution in [0.2, 0.25) is 10.0 Å². The molecular weight excluding hydrogens is 355 g/mol. The van der Waals surface area contributed by atoms with Gasteiger partial charge in [-0.3, -0.25) is 4.79 Å². The van der Waals surface area contributed by atoms with E-state index in [2.05, 4.69) is 17.3 Å². The first-order valence-electron chi connectivity index (χ1n) is 8.47. The first-order chi connectivity index (χ1) is 12.0. The van der Waals surface area contributed by atoms with E-state index in [1.165, 1.54) is 5.56 Å². The summed E-state index contributed by atoms with van der Waals surface area (Å²) in [5.74, 6) is 0.107. The minimum Gasteiger partial charge on any atom is -0.356 e. The van der Waals surface area contributed by atoms with Gasteiger partial charge >= 0.3 is 0 Å². The number of amides is 1. The molecule has 25 heavy (non-hydrogen) atoms. The largest absolute Gasteiger partial charge is 0.356 e. The van der Waals surface area contributed by atoms with Crippen molar-refractivity contribution < 1.29 is 4.79 Å². The van der Waals surface area contributed by atoms with E-state index in [1.807, 2.05) is 48.5 Å². The summed E-state index contributed by atoms with van der Waals surface area (Å²) in [7, 11) is 2.06. The monoisotopic (exact) mass is 378 g/mol. The third-order valence-corrected chi connectivity index (χ3v) is 4.70. The lowest BCUT2D eigenvalue weighted by molar-refractivity contribution is -0.121. The summed E-state index contributed by atoms with van der Waals surface area (Å²) in [4.78, 5) is 14.1. The Kier molecular flexibility index (Phi) is 8.26. The van der Waals surface area contributed by atoms with Crippen molar-refractivity contribution in [3.05, 3.63) is 69.7 Å². The molecule has 0 radical (unpaired) electrons. The van der Waals surface area contributed by atoms with E-state index in [0.29, 0.717) is 23.0 Å². The van der Waals surface area contributed by atoms with Crippen LogP contribution in [0.4, 0.5) is 0 Å². The number of nitrogens with zero attached hydrogens (tertiary/aromatic N) is 1. The fraction of sp³-hybridized carbons (Fsp3) is 0.350. The molecule has 0 aliphatic carbocycles. The summed E-state index contributed by atoms with van der Waals surface area (Å²) in [5, 5.41) is 4.14. The Bertz CT molecular complexity index is 677. The first kappa shape index (κ1) is 19.8. The Morgan fingerprint density at radius 1 is 1.04 bits per heavy atom. The number of benzene rings is 2. The molecule has 1 N–H and O–H groups in total. The smallest absolute Gasteiger partial charge is 0.220 e. The lowest BCUT2D eigenvalue weighted by Gasteiger charge is -2.17. The van der Waals surface area contributed by atoms with Gasteiger partial charge in [0, 0.05) is 19.5 Å². The van der Waals surface area contributed by atoms with Crippen LogP contribution in [0.5, 0.6) is 0 Å². The molecule has 2 aromatic carbocycles. The van der Waals surface area contributed by atoms with E-state index in [9.17, 15) is 4.79 Å². The van der Waals surface area contributed by atoms with Crippen molar-refractivity contribution in [2.24, 2.45) is 0 Å².